The van der Waals surface area contributed by atoms with E-state index in [4.69, 9.17) is 14.2 Å². The van der Waals surface area contributed by atoms with Crippen molar-refractivity contribution in [3.8, 4) is 11.5 Å². The molecule has 152 valence electrons. The molecule has 1 saturated heterocycles. The maximum Gasteiger partial charge on any atom is 0.262 e. The standard InChI is InChI=1S/C22H20N4O3S/c27-21-17-10-4-5-11-18(17)23-22(26(21)13-16-9-6-12-28-16)30-14-19-24-20(29-25-19)15-7-2-1-3-8-15/h1-5,7-8,10-11,16H,6,9,12-14H2. The number of nitrogens with zero attached hydrogens (tertiary/aromatic N) is 4. The maximum absolute atomic E-state index is 13.1. The van der Waals surface area contributed by atoms with Crippen molar-refractivity contribution in [1.29, 1.82) is 0 Å². The fourth-order valence-electron chi connectivity index (χ4n) is 3.55. The predicted octanol–water partition coefficient (Wildman–Crippen LogP) is 3.92. The molecule has 7 nitrogen and oxygen atoms in total. The Morgan fingerprint density at radius 1 is 1.07 bits per heavy atom. The lowest BCUT2D eigenvalue weighted by Gasteiger charge is -2.16. The SMILES string of the molecule is O=c1c2ccccc2nc(SCc2noc(-c3ccccc3)n2)n1CC1CCCO1. The molecule has 1 unspecified atom stereocenters. The highest BCUT2D eigenvalue weighted by molar-refractivity contribution is 7.98. The zero-order chi connectivity index (χ0) is 20.3. The summed E-state index contributed by atoms with van der Waals surface area (Å²) in [5, 5.41) is 5.33. The minimum atomic E-state index is -0.0447. The lowest BCUT2D eigenvalue weighted by atomic mass is 10.2. The first-order valence-corrected chi connectivity index (χ1v) is 10.9. The molecule has 1 aliphatic heterocycles. The van der Waals surface area contributed by atoms with Crippen LogP contribution < -0.4 is 5.56 Å². The third kappa shape index (κ3) is 3.88. The topological polar surface area (TPSA) is 83.0 Å². The summed E-state index contributed by atoms with van der Waals surface area (Å²) in [4.78, 5) is 22.4. The monoisotopic (exact) mass is 420 g/mol. The van der Waals surface area contributed by atoms with Gasteiger partial charge in [0.1, 0.15) is 0 Å². The van der Waals surface area contributed by atoms with Gasteiger partial charge in [-0.25, -0.2) is 4.98 Å². The number of thioether (sulfide) groups is 1. The first kappa shape index (κ1) is 19.0. The van der Waals surface area contributed by atoms with Gasteiger partial charge in [0.15, 0.2) is 11.0 Å². The molecule has 0 saturated carbocycles. The van der Waals surface area contributed by atoms with Gasteiger partial charge in [0.25, 0.3) is 11.4 Å². The van der Waals surface area contributed by atoms with Gasteiger partial charge < -0.3 is 9.26 Å². The van der Waals surface area contributed by atoms with Crippen molar-refractivity contribution in [2.24, 2.45) is 0 Å². The number of hydrogen-bond donors (Lipinski definition) is 0. The van der Waals surface area contributed by atoms with Crippen LogP contribution in [0.15, 0.2) is 69.1 Å². The quantitative estimate of drug-likeness (QED) is 0.345. The number of aromatic nitrogens is 4. The molecule has 30 heavy (non-hydrogen) atoms. The molecule has 2 aromatic heterocycles. The third-order valence-electron chi connectivity index (χ3n) is 5.06. The zero-order valence-corrected chi connectivity index (χ0v) is 17.0. The first-order valence-electron chi connectivity index (χ1n) is 9.90. The summed E-state index contributed by atoms with van der Waals surface area (Å²) in [6, 6.07) is 17.1. The summed E-state index contributed by atoms with van der Waals surface area (Å²) >= 11 is 1.43. The molecule has 0 aliphatic carbocycles. The van der Waals surface area contributed by atoms with E-state index in [2.05, 4.69) is 10.1 Å². The number of para-hydroxylation sites is 1. The van der Waals surface area contributed by atoms with Gasteiger partial charge in [-0.15, -0.1) is 0 Å². The van der Waals surface area contributed by atoms with Gasteiger partial charge in [0.05, 0.1) is 29.3 Å². The van der Waals surface area contributed by atoms with Crippen molar-refractivity contribution in [2.45, 2.75) is 36.4 Å². The number of benzene rings is 2. The summed E-state index contributed by atoms with van der Waals surface area (Å²) in [7, 11) is 0. The summed E-state index contributed by atoms with van der Waals surface area (Å²) in [6.45, 7) is 1.24. The highest BCUT2D eigenvalue weighted by Crippen LogP contribution is 2.24. The number of rotatable bonds is 6. The van der Waals surface area contributed by atoms with E-state index in [0.29, 0.717) is 40.1 Å². The van der Waals surface area contributed by atoms with Crippen LogP contribution in [0.25, 0.3) is 22.4 Å². The second-order valence-electron chi connectivity index (χ2n) is 7.13. The second kappa shape index (κ2) is 8.41. The van der Waals surface area contributed by atoms with Gasteiger partial charge in [0.2, 0.25) is 0 Å². The molecular formula is C22H20N4O3S. The van der Waals surface area contributed by atoms with Crippen LogP contribution in [0.3, 0.4) is 0 Å². The Labute approximate surface area is 177 Å². The largest absolute Gasteiger partial charge is 0.376 e. The Hall–Kier alpha value is -2.97. The highest BCUT2D eigenvalue weighted by atomic mass is 32.2. The van der Waals surface area contributed by atoms with Gasteiger partial charge in [-0.1, -0.05) is 47.3 Å². The Balaban J connectivity index is 1.43. The van der Waals surface area contributed by atoms with E-state index < -0.39 is 0 Å². The van der Waals surface area contributed by atoms with Crippen molar-refractivity contribution >= 4 is 22.7 Å². The molecule has 0 spiro atoms. The minimum Gasteiger partial charge on any atom is -0.376 e. The smallest absolute Gasteiger partial charge is 0.262 e. The van der Waals surface area contributed by atoms with Crippen LogP contribution in [0.1, 0.15) is 18.7 Å². The number of ether oxygens (including phenoxy) is 1. The molecule has 1 atom stereocenters. The minimum absolute atomic E-state index is 0.0415. The molecule has 0 N–H and O–H groups in total. The van der Waals surface area contributed by atoms with Gasteiger partial charge in [-0.2, -0.15) is 4.98 Å². The summed E-state index contributed by atoms with van der Waals surface area (Å²) < 4.78 is 12.9. The lowest BCUT2D eigenvalue weighted by Crippen LogP contribution is -2.28. The van der Waals surface area contributed by atoms with E-state index >= 15 is 0 Å². The summed E-state index contributed by atoms with van der Waals surface area (Å²) in [6.07, 6.45) is 2.02. The van der Waals surface area contributed by atoms with Crippen LogP contribution in [-0.2, 0) is 17.0 Å². The van der Waals surface area contributed by atoms with Crippen LogP contribution >= 0.6 is 11.8 Å². The van der Waals surface area contributed by atoms with Gasteiger partial charge >= 0.3 is 0 Å². The molecular weight excluding hydrogens is 400 g/mol. The van der Waals surface area contributed by atoms with Crippen molar-refractivity contribution < 1.29 is 9.26 Å². The highest BCUT2D eigenvalue weighted by Gasteiger charge is 2.20. The average Bonchev–Trinajstić information content (AvgIpc) is 3.47. The summed E-state index contributed by atoms with van der Waals surface area (Å²) in [5.41, 5.74) is 1.52. The van der Waals surface area contributed by atoms with E-state index in [1.165, 1.54) is 11.8 Å². The van der Waals surface area contributed by atoms with Crippen LogP contribution in [0.2, 0.25) is 0 Å². The second-order valence-corrected chi connectivity index (χ2v) is 8.08. The molecule has 0 radical (unpaired) electrons. The molecule has 0 bridgehead atoms. The van der Waals surface area contributed by atoms with Crippen molar-refractivity contribution in [2.75, 3.05) is 6.61 Å². The Kier molecular flexibility index (Phi) is 5.33. The van der Waals surface area contributed by atoms with Gasteiger partial charge in [0, 0.05) is 12.2 Å². The van der Waals surface area contributed by atoms with Crippen molar-refractivity contribution in [3.63, 3.8) is 0 Å². The van der Waals surface area contributed by atoms with Crippen LogP contribution in [0.4, 0.5) is 0 Å². The first-order chi connectivity index (χ1) is 14.8. The predicted molar refractivity (Wildman–Crippen MR) is 114 cm³/mol. The van der Waals surface area contributed by atoms with Crippen LogP contribution in [-0.4, -0.2) is 32.4 Å². The molecule has 0 amide bonds. The van der Waals surface area contributed by atoms with Gasteiger partial charge in [-0.3, -0.25) is 9.36 Å². The molecule has 1 aliphatic rings. The molecule has 1 fully saturated rings. The Morgan fingerprint density at radius 3 is 2.73 bits per heavy atom. The van der Waals surface area contributed by atoms with Crippen LogP contribution in [0, 0.1) is 0 Å². The number of fused-ring (bicyclic) bond motifs is 1. The zero-order valence-electron chi connectivity index (χ0n) is 16.2. The average molecular weight is 420 g/mol. The van der Waals surface area contributed by atoms with Crippen molar-refractivity contribution in [3.05, 3.63) is 70.8 Å². The van der Waals surface area contributed by atoms with E-state index in [9.17, 15) is 4.79 Å². The maximum atomic E-state index is 13.1. The Morgan fingerprint density at radius 2 is 1.90 bits per heavy atom. The molecule has 4 aromatic rings. The normalized spacial score (nSPS) is 16.3. The van der Waals surface area contributed by atoms with E-state index in [1.807, 2.05) is 54.6 Å². The van der Waals surface area contributed by atoms with Gasteiger partial charge in [-0.05, 0) is 37.1 Å². The van der Waals surface area contributed by atoms with E-state index in [-0.39, 0.29) is 11.7 Å². The fourth-order valence-corrected chi connectivity index (χ4v) is 4.40. The van der Waals surface area contributed by atoms with Crippen molar-refractivity contribution in [1.82, 2.24) is 19.7 Å². The molecule has 3 heterocycles. The van der Waals surface area contributed by atoms with E-state index in [1.54, 1.807) is 4.57 Å². The molecule has 5 rings (SSSR count). The third-order valence-corrected chi connectivity index (χ3v) is 6.03. The molecule has 8 heteroatoms. The molecule has 2 aromatic carbocycles. The van der Waals surface area contributed by atoms with E-state index in [0.717, 1.165) is 25.0 Å². The fraction of sp³-hybridized carbons (Fsp3) is 0.273. The summed E-state index contributed by atoms with van der Waals surface area (Å²) in [5.74, 6) is 1.49. The Bertz CT molecular complexity index is 1220. The number of hydrogen-bond acceptors (Lipinski definition) is 7. The lowest BCUT2D eigenvalue weighted by molar-refractivity contribution is 0.0937. The van der Waals surface area contributed by atoms with Crippen LogP contribution in [0.5, 0.6) is 0 Å².